The van der Waals surface area contributed by atoms with E-state index in [1.807, 2.05) is 97.5 Å². The van der Waals surface area contributed by atoms with E-state index in [2.05, 4.69) is 32.8 Å². The van der Waals surface area contributed by atoms with Crippen LogP contribution in [0, 0.1) is 0 Å². The van der Waals surface area contributed by atoms with Crippen LogP contribution in [0.25, 0.3) is 22.6 Å². The molecule has 8 nitrogen and oxygen atoms in total. The molecule has 0 unspecified atom stereocenters. The number of hydrogen-bond donors (Lipinski definition) is 1. The van der Waals surface area contributed by atoms with Crippen molar-refractivity contribution in [3.8, 4) is 5.75 Å². The van der Waals surface area contributed by atoms with Gasteiger partial charge in [-0.2, -0.15) is 0 Å². The highest BCUT2D eigenvalue weighted by molar-refractivity contribution is 5.95. The van der Waals surface area contributed by atoms with Gasteiger partial charge in [-0.05, 0) is 64.7 Å². The van der Waals surface area contributed by atoms with E-state index in [9.17, 15) is 4.79 Å². The highest BCUT2D eigenvalue weighted by Crippen LogP contribution is 2.29. The van der Waals surface area contributed by atoms with Crippen LogP contribution in [0.3, 0.4) is 0 Å². The van der Waals surface area contributed by atoms with E-state index < -0.39 is 0 Å². The molecule has 5 rings (SSSR count). The van der Waals surface area contributed by atoms with Crippen LogP contribution in [-0.2, 0) is 24.4 Å². The molecule has 2 aromatic heterocycles. The lowest BCUT2D eigenvalue weighted by atomic mass is 10.1. The molecule has 3 aromatic carbocycles. The second kappa shape index (κ2) is 11.6. The highest BCUT2D eigenvalue weighted by Gasteiger charge is 2.15. The van der Waals surface area contributed by atoms with Gasteiger partial charge in [0.15, 0.2) is 5.82 Å². The molecule has 0 aliphatic heterocycles. The Morgan fingerprint density at radius 2 is 1.76 bits per heavy atom. The van der Waals surface area contributed by atoms with Crippen LogP contribution in [-0.4, -0.2) is 49.6 Å². The van der Waals surface area contributed by atoms with Gasteiger partial charge in [0.2, 0.25) is 5.91 Å². The molecule has 0 saturated heterocycles. The van der Waals surface area contributed by atoms with Crippen LogP contribution in [0.2, 0.25) is 0 Å². The summed E-state index contributed by atoms with van der Waals surface area (Å²) in [6.07, 6.45) is 4.84. The fourth-order valence-corrected chi connectivity index (χ4v) is 4.34. The molecular weight excluding hydrogens is 476 g/mol. The smallest absolute Gasteiger partial charge is 0.242 e. The molecule has 0 radical (unpaired) electrons. The number of allylic oxidation sites excluding steroid dienone is 1. The predicted octanol–water partition coefficient (Wildman–Crippen LogP) is 5.00. The number of ether oxygens (including phenoxy) is 1. The SMILES string of the molecule is C/C(=C\c1cn(CC(=O)N(C)CCc2ccccc2)c2ccc(OCc3ccccc3)cc12)c1nnn[nH]1. The van der Waals surface area contributed by atoms with Crippen LogP contribution < -0.4 is 4.74 Å². The lowest BCUT2D eigenvalue weighted by Crippen LogP contribution is -2.31. The van der Waals surface area contributed by atoms with Gasteiger partial charge in [0.05, 0.1) is 0 Å². The normalized spacial score (nSPS) is 11.6. The van der Waals surface area contributed by atoms with Gasteiger partial charge in [0.1, 0.15) is 18.9 Å². The van der Waals surface area contributed by atoms with Gasteiger partial charge in [0, 0.05) is 36.3 Å². The van der Waals surface area contributed by atoms with Crippen LogP contribution in [0.15, 0.2) is 85.1 Å². The number of likely N-dealkylation sites (N-methyl/N-ethyl adjacent to an activating group) is 1. The molecule has 8 heteroatoms. The Morgan fingerprint density at radius 1 is 1.03 bits per heavy atom. The molecule has 0 bridgehead atoms. The molecule has 0 fully saturated rings. The van der Waals surface area contributed by atoms with Crippen molar-refractivity contribution in [1.82, 2.24) is 30.1 Å². The molecule has 0 spiro atoms. The Kier molecular flexibility index (Phi) is 7.59. The van der Waals surface area contributed by atoms with Crippen molar-refractivity contribution in [1.29, 1.82) is 0 Å². The molecule has 5 aromatic rings. The van der Waals surface area contributed by atoms with Crippen molar-refractivity contribution in [3.05, 3.63) is 108 Å². The molecule has 0 aliphatic rings. The average Bonchev–Trinajstić information content (AvgIpc) is 3.61. The van der Waals surface area contributed by atoms with Crippen molar-refractivity contribution in [3.63, 3.8) is 0 Å². The van der Waals surface area contributed by atoms with Crippen LogP contribution in [0.5, 0.6) is 5.75 Å². The summed E-state index contributed by atoms with van der Waals surface area (Å²) in [6, 6.07) is 26.3. The van der Waals surface area contributed by atoms with Gasteiger partial charge in [-0.1, -0.05) is 60.7 Å². The van der Waals surface area contributed by atoms with E-state index in [1.165, 1.54) is 5.56 Å². The van der Waals surface area contributed by atoms with E-state index in [0.717, 1.165) is 39.8 Å². The minimum absolute atomic E-state index is 0.0499. The second-order valence-electron chi connectivity index (χ2n) is 9.29. The molecule has 1 amide bonds. The van der Waals surface area contributed by atoms with Crippen molar-refractivity contribution in [2.45, 2.75) is 26.5 Å². The third kappa shape index (κ3) is 5.98. The average molecular weight is 507 g/mol. The summed E-state index contributed by atoms with van der Waals surface area (Å²) in [5, 5.41) is 15.2. The fraction of sp³-hybridized carbons (Fsp3) is 0.200. The minimum Gasteiger partial charge on any atom is -0.489 e. The maximum absolute atomic E-state index is 13.2. The monoisotopic (exact) mass is 506 g/mol. The number of carbonyl (C=O) groups is 1. The largest absolute Gasteiger partial charge is 0.489 e. The predicted molar refractivity (Wildman–Crippen MR) is 148 cm³/mol. The standard InChI is InChI=1S/C30H30N6O2/c1-22(30-31-33-34-32-30)17-25-19-36(20-29(37)35(2)16-15-23-9-5-3-6-10-23)28-14-13-26(18-27(25)28)38-21-24-11-7-4-8-12-24/h3-14,17-19H,15-16,20-21H2,1-2H3,(H,31,32,33,34)/b22-17+. The molecule has 38 heavy (non-hydrogen) atoms. The van der Waals surface area contributed by atoms with E-state index >= 15 is 0 Å². The van der Waals surface area contributed by atoms with Crippen molar-refractivity contribution in [2.24, 2.45) is 0 Å². The fourth-order valence-electron chi connectivity index (χ4n) is 4.34. The first-order valence-corrected chi connectivity index (χ1v) is 12.6. The summed E-state index contributed by atoms with van der Waals surface area (Å²) >= 11 is 0. The number of rotatable bonds is 10. The molecule has 0 saturated carbocycles. The molecule has 1 N–H and O–H groups in total. The first-order chi connectivity index (χ1) is 18.6. The summed E-state index contributed by atoms with van der Waals surface area (Å²) < 4.78 is 8.09. The third-order valence-electron chi connectivity index (χ3n) is 6.53. The molecule has 192 valence electrons. The maximum atomic E-state index is 13.2. The zero-order valence-corrected chi connectivity index (χ0v) is 21.5. The minimum atomic E-state index is 0.0499. The number of nitrogens with one attached hydrogen (secondary N) is 1. The van der Waals surface area contributed by atoms with Gasteiger partial charge in [-0.3, -0.25) is 4.79 Å². The molecular formula is C30H30N6O2. The van der Waals surface area contributed by atoms with Crippen LogP contribution in [0.4, 0.5) is 0 Å². The van der Waals surface area contributed by atoms with Gasteiger partial charge < -0.3 is 14.2 Å². The number of fused-ring (bicyclic) bond motifs is 1. The van der Waals surface area contributed by atoms with Crippen molar-refractivity contribution >= 4 is 28.5 Å². The molecule has 2 heterocycles. The number of amides is 1. The van der Waals surface area contributed by atoms with Gasteiger partial charge >= 0.3 is 0 Å². The summed E-state index contributed by atoms with van der Waals surface area (Å²) in [4.78, 5) is 14.9. The zero-order valence-electron chi connectivity index (χ0n) is 21.5. The Hall–Kier alpha value is -4.72. The lowest BCUT2D eigenvalue weighted by molar-refractivity contribution is -0.130. The number of benzene rings is 3. The second-order valence-corrected chi connectivity index (χ2v) is 9.29. The third-order valence-corrected chi connectivity index (χ3v) is 6.53. The van der Waals surface area contributed by atoms with Crippen LogP contribution >= 0.6 is 0 Å². The quantitative estimate of drug-likeness (QED) is 0.288. The van der Waals surface area contributed by atoms with E-state index in [0.29, 0.717) is 19.0 Å². The van der Waals surface area contributed by atoms with Gasteiger partial charge in [0.25, 0.3) is 0 Å². The topological polar surface area (TPSA) is 88.9 Å². The van der Waals surface area contributed by atoms with E-state index in [-0.39, 0.29) is 12.5 Å². The number of H-pyrrole nitrogens is 1. The summed E-state index contributed by atoms with van der Waals surface area (Å²) in [5.74, 6) is 1.41. The van der Waals surface area contributed by atoms with Crippen LogP contribution in [0.1, 0.15) is 29.4 Å². The van der Waals surface area contributed by atoms with Crippen molar-refractivity contribution < 1.29 is 9.53 Å². The number of aromatic amines is 1. The summed E-state index contributed by atoms with van der Waals surface area (Å²) in [7, 11) is 1.86. The molecule has 0 atom stereocenters. The lowest BCUT2D eigenvalue weighted by Gasteiger charge is -2.18. The number of tetrazole rings is 1. The van der Waals surface area contributed by atoms with Crippen molar-refractivity contribution in [2.75, 3.05) is 13.6 Å². The Balaban J connectivity index is 1.39. The number of aromatic nitrogens is 5. The Bertz CT molecular complexity index is 1530. The number of nitrogens with zero attached hydrogens (tertiary/aromatic N) is 5. The van der Waals surface area contributed by atoms with E-state index in [1.54, 1.807) is 4.90 Å². The number of hydrogen-bond acceptors (Lipinski definition) is 5. The first-order valence-electron chi connectivity index (χ1n) is 12.6. The summed E-state index contributed by atoms with van der Waals surface area (Å²) in [5.41, 5.74) is 5.11. The summed E-state index contributed by atoms with van der Waals surface area (Å²) in [6.45, 7) is 3.32. The zero-order chi connectivity index (χ0) is 26.3. The van der Waals surface area contributed by atoms with E-state index in [4.69, 9.17) is 4.74 Å². The van der Waals surface area contributed by atoms with Gasteiger partial charge in [-0.15, -0.1) is 5.10 Å². The maximum Gasteiger partial charge on any atom is 0.242 e. The highest BCUT2D eigenvalue weighted by atomic mass is 16.5. The van der Waals surface area contributed by atoms with Gasteiger partial charge in [-0.25, -0.2) is 5.10 Å². The number of carbonyl (C=O) groups excluding carboxylic acids is 1. The Labute approximate surface area is 221 Å². The molecule has 0 aliphatic carbocycles. The Morgan fingerprint density at radius 3 is 2.47 bits per heavy atom. The first kappa shape index (κ1) is 25.0.